The van der Waals surface area contributed by atoms with E-state index in [4.69, 9.17) is 0 Å². The summed E-state index contributed by atoms with van der Waals surface area (Å²) in [6.07, 6.45) is 3.79. The monoisotopic (exact) mass is 338 g/mol. The first kappa shape index (κ1) is 17.9. The summed E-state index contributed by atoms with van der Waals surface area (Å²) in [5.74, 6) is 0.247. The molecule has 0 bridgehead atoms. The second-order valence-electron chi connectivity index (χ2n) is 6.56. The molecule has 0 radical (unpaired) electrons. The molecule has 0 fully saturated rings. The van der Waals surface area contributed by atoms with E-state index in [1.165, 1.54) is 10.6 Å². The van der Waals surface area contributed by atoms with Crippen molar-refractivity contribution in [1.29, 1.82) is 0 Å². The molecule has 2 rings (SSSR count). The molecule has 0 saturated carbocycles. The van der Waals surface area contributed by atoms with Crippen LogP contribution in [0.3, 0.4) is 0 Å². The van der Waals surface area contributed by atoms with Crippen LogP contribution in [0.25, 0.3) is 0 Å². The van der Waals surface area contributed by atoms with Crippen LogP contribution in [-0.4, -0.2) is 44.5 Å². The molecular formula is C17H26N2O3S. The van der Waals surface area contributed by atoms with Crippen LogP contribution in [-0.2, 0) is 21.2 Å². The van der Waals surface area contributed by atoms with Crippen molar-refractivity contribution in [2.24, 2.45) is 5.92 Å². The molecule has 1 aromatic rings. The number of anilines is 1. The van der Waals surface area contributed by atoms with Crippen LogP contribution < -0.4 is 4.90 Å². The molecule has 1 aliphatic heterocycles. The zero-order valence-electron chi connectivity index (χ0n) is 14.2. The highest BCUT2D eigenvalue weighted by Crippen LogP contribution is 2.26. The predicted octanol–water partition coefficient (Wildman–Crippen LogP) is 2.27. The Morgan fingerprint density at radius 3 is 2.65 bits per heavy atom. The highest BCUT2D eigenvalue weighted by molar-refractivity contribution is 7.88. The van der Waals surface area contributed by atoms with E-state index in [9.17, 15) is 13.2 Å². The number of benzene rings is 1. The van der Waals surface area contributed by atoms with E-state index in [1.807, 2.05) is 38.1 Å². The molecule has 128 valence electrons. The number of amides is 1. The second kappa shape index (κ2) is 7.45. The molecule has 1 aliphatic rings. The van der Waals surface area contributed by atoms with Gasteiger partial charge in [-0.25, -0.2) is 8.42 Å². The highest BCUT2D eigenvalue weighted by Gasteiger charge is 2.27. The summed E-state index contributed by atoms with van der Waals surface area (Å²) in [5.41, 5.74) is 2.07. The fraction of sp³-hybridized carbons (Fsp3) is 0.588. The molecule has 0 aliphatic carbocycles. The number of para-hydroxylation sites is 1. The molecular weight excluding hydrogens is 312 g/mol. The predicted molar refractivity (Wildman–Crippen MR) is 93.0 cm³/mol. The maximum Gasteiger partial charge on any atom is 0.242 e. The quantitative estimate of drug-likeness (QED) is 0.799. The molecule has 0 spiro atoms. The molecule has 0 N–H and O–H groups in total. The van der Waals surface area contributed by atoms with Crippen molar-refractivity contribution in [3.8, 4) is 0 Å². The lowest BCUT2D eigenvalue weighted by Crippen LogP contribution is -2.45. The molecule has 0 saturated heterocycles. The maximum absolute atomic E-state index is 12.7. The Bertz CT molecular complexity index is 656. The van der Waals surface area contributed by atoms with Crippen molar-refractivity contribution in [3.63, 3.8) is 0 Å². The zero-order chi connectivity index (χ0) is 17.0. The van der Waals surface area contributed by atoms with Gasteiger partial charge in [-0.2, -0.15) is 4.31 Å². The van der Waals surface area contributed by atoms with Gasteiger partial charge >= 0.3 is 0 Å². The molecule has 0 atom stereocenters. The Hall–Kier alpha value is -1.40. The number of fused-ring (bicyclic) bond motifs is 1. The molecule has 6 heteroatoms. The summed E-state index contributed by atoms with van der Waals surface area (Å²) in [7, 11) is -3.39. The van der Waals surface area contributed by atoms with Gasteiger partial charge in [0.15, 0.2) is 0 Å². The summed E-state index contributed by atoms with van der Waals surface area (Å²) in [6, 6.07) is 7.85. The van der Waals surface area contributed by atoms with E-state index >= 15 is 0 Å². The van der Waals surface area contributed by atoms with Crippen molar-refractivity contribution >= 4 is 21.6 Å². The van der Waals surface area contributed by atoms with Gasteiger partial charge in [-0.05, 0) is 36.8 Å². The molecule has 0 unspecified atom stereocenters. The maximum atomic E-state index is 12.7. The zero-order valence-corrected chi connectivity index (χ0v) is 15.0. The minimum atomic E-state index is -3.39. The van der Waals surface area contributed by atoms with Gasteiger partial charge in [0.1, 0.15) is 0 Å². The van der Waals surface area contributed by atoms with E-state index in [1.54, 1.807) is 4.90 Å². The van der Waals surface area contributed by atoms with Crippen LogP contribution in [0.4, 0.5) is 5.69 Å². The lowest BCUT2D eigenvalue weighted by atomic mass is 10.0. The number of hydrogen-bond donors (Lipinski definition) is 0. The van der Waals surface area contributed by atoms with Gasteiger partial charge < -0.3 is 4.90 Å². The lowest BCUT2D eigenvalue weighted by Gasteiger charge is -2.31. The first-order valence-corrected chi connectivity index (χ1v) is 9.97. The summed E-state index contributed by atoms with van der Waals surface area (Å²) in [4.78, 5) is 14.4. The third kappa shape index (κ3) is 4.78. The number of hydrogen-bond acceptors (Lipinski definition) is 3. The minimum Gasteiger partial charge on any atom is -0.311 e. The van der Waals surface area contributed by atoms with Crippen LogP contribution in [0.5, 0.6) is 0 Å². The number of rotatable bonds is 6. The van der Waals surface area contributed by atoms with Crippen molar-refractivity contribution in [3.05, 3.63) is 29.8 Å². The lowest BCUT2D eigenvalue weighted by molar-refractivity contribution is -0.118. The van der Waals surface area contributed by atoms with Crippen LogP contribution in [0.15, 0.2) is 24.3 Å². The van der Waals surface area contributed by atoms with Gasteiger partial charge in [-0.1, -0.05) is 32.0 Å². The van der Waals surface area contributed by atoms with Gasteiger partial charge in [-0.15, -0.1) is 0 Å². The number of carbonyl (C=O) groups is 1. The summed E-state index contributed by atoms with van der Waals surface area (Å²) < 4.78 is 25.2. The standard InChI is InChI=1S/C17H26N2O3S/c1-14(2)10-12-18(23(3,21)22)13-17(20)19-11-6-8-15-7-4-5-9-16(15)19/h4-5,7,9,14H,6,8,10-13H2,1-3H3. The van der Waals surface area contributed by atoms with Crippen molar-refractivity contribution in [1.82, 2.24) is 4.31 Å². The number of aryl methyl sites for hydroxylation is 1. The van der Waals surface area contributed by atoms with Crippen LogP contribution in [0, 0.1) is 5.92 Å². The second-order valence-corrected chi connectivity index (χ2v) is 8.54. The van der Waals surface area contributed by atoms with Crippen molar-refractivity contribution in [2.45, 2.75) is 33.1 Å². The molecule has 23 heavy (non-hydrogen) atoms. The highest BCUT2D eigenvalue weighted by atomic mass is 32.2. The van der Waals surface area contributed by atoms with E-state index in [0.29, 0.717) is 19.0 Å². The number of carbonyl (C=O) groups excluding carboxylic acids is 1. The van der Waals surface area contributed by atoms with Gasteiger partial charge in [0, 0.05) is 18.8 Å². The Labute approximate surface area is 139 Å². The smallest absolute Gasteiger partial charge is 0.242 e. The summed E-state index contributed by atoms with van der Waals surface area (Å²) in [6.45, 7) is 5.04. The average molecular weight is 338 g/mol. The fourth-order valence-electron chi connectivity index (χ4n) is 2.79. The molecule has 1 heterocycles. The van der Waals surface area contributed by atoms with Crippen LogP contribution in [0.2, 0.25) is 0 Å². The largest absolute Gasteiger partial charge is 0.311 e. The van der Waals surface area contributed by atoms with E-state index in [-0.39, 0.29) is 12.5 Å². The van der Waals surface area contributed by atoms with Gasteiger partial charge in [0.2, 0.25) is 15.9 Å². The fourth-order valence-corrected chi connectivity index (χ4v) is 3.58. The Balaban J connectivity index is 2.13. The molecule has 5 nitrogen and oxygen atoms in total. The first-order valence-electron chi connectivity index (χ1n) is 8.12. The van der Waals surface area contributed by atoms with Crippen molar-refractivity contribution in [2.75, 3.05) is 30.8 Å². The van der Waals surface area contributed by atoms with Gasteiger partial charge in [0.25, 0.3) is 0 Å². The topological polar surface area (TPSA) is 57.7 Å². The summed E-state index contributed by atoms with van der Waals surface area (Å²) in [5, 5.41) is 0. The summed E-state index contributed by atoms with van der Waals surface area (Å²) >= 11 is 0. The first-order chi connectivity index (χ1) is 10.8. The third-order valence-electron chi connectivity index (χ3n) is 4.15. The van der Waals surface area contributed by atoms with E-state index in [2.05, 4.69) is 0 Å². The Kier molecular flexibility index (Phi) is 5.81. The van der Waals surface area contributed by atoms with Gasteiger partial charge in [0.05, 0.1) is 12.8 Å². The Morgan fingerprint density at radius 1 is 1.30 bits per heavy atom. The van der Waals surface area contributed by atoms with E-state index < -0.39 is 10.0 Å². The molecule has 1 amide bonds. The van der Waals surface area contributed by atoms with Crippen molar-refractivity contribution < 1.29 is 13.2 Å². The third-order valence-corrected chi connectivity index (χ3v) is 5.40. The Morgan fingerprint density at radius 2 is 2.00 bits per heavy atom. The number of nitrogens with zero attached hydrogens (tertiary/aromatic N) is 2. The SMILES string of the molecule is CC(C)CCN(CC(=O)N1CCCc2ccccc21)S(C)(=O)=O. The minimum absolute atomic E-state index is 0.0834. The van der Waals surface area contributed by atoms with Crippen LogP contribution >= 0.6 is 0 Å². The normalized spacial score (nSPS) is 15.1. The average Bonchev–Trinajstić information content (AvgIpc) is 2.49. The molecule has 0 aromatic heterocycles. The van der Waals surface area contributed by atoms with Gasteiger partial charge in [-0.3, -0.25) is 4.79 Å². The van der Waals surface area contributed by atoms with E-state index in [0.717, 1.165) is 30.5 Å². The molecule has 1 aromatic carbocycles. The number of sulfonamides is 1. The van der Waals surface area contributed by atoms with Crippen LogP contribution in [0.1, 0.15) is 32.3 Å².